The second kappa shape index (κ2) is 5.70. The molecule has 0 saturated carbocycles. The maximum Gasteiger partial charge on any atom is 0.268 e. The average molecular weight is 274 g/mol. The Labute approximate surface area is 115 Å². The van der Waals surface area contributed by atoms with Crippen LogP contribution in [0.3, 0.4) is 0 Å². The SMILES string of the molecule is N#Cc1ccc(-c2ccc(Cl)cc2)n(CCN)c1=O. The molecule has 0 amide bonds. The lowest BCUT2D eigenvalue weighted by molar-refractivity contribution is 0.686. The molecule has 0 spiro atoms. The van der Waals surface area contributed by atoms with Gasteiger partial charge in [-0.1, -0.05) is 23.7 Å². The number of rotatable bonds is 3. The maximum absolute atomic E-state index is 12.1. The van der Waals surface area contributed by atoms with Crippen molar-refractivity contribution in [3.8, 4) is 17.3 Å². The molecule has 2 rings (SSSR count). The molecule has 19 heavy (non-hydrogen) atoms. The topological polar surface area (TPSA) is 71.8 Å². The summed E-state index contributed by atoms with van der Waals surface area (Å²) in [5.74, 6) is 0. The fourth-order valence-corrected chi connectivity index (χ4v) is 2.01. The summed E-state index contributed by atoms with van der Waals surface area (Å²) in [4.78, 5) is 12.1. The number of hydrogen-bond acceptors (Lipinski definition) is 3. The first-order chi connectivity index (χ1) is 9.17. The lowest BCUT2D eigenvalue weighted by atomic mass is 10.1. The summed E-state index contributed by atoms with van der Waals surface area (Å²) in [7, 11) is 0. The zero-order chi connectivity index (χ0) is 13.8. The highest BCUT2D eigenvalue weighted by molar-refractivity contribution is 6.30. The summed E-state index contributed by atoms with van der Waals surface area (Å²) in [5.41, 5.74) is 6.91. The summed E-state index contributed by atoms with van der Waals surface area (Å²) in [6, 6.07) is 12.3. The third-order valence-corrected chi connectivity index (χ3v) is 3.04. The Hall–Kier alpha value is -2.09. The van der Waals surface area contributed by atoms with Crippen LogP contribution in [-0.2, 0) is 6.54 Å². The van der Waals surface area contributed by atoms with Crippen molar-refractivity contribution in [1.29, 1.82) is 5.26 Å². The van der Waals surface area contributed by atoms with E-state index in [0.717, 1.165) is 11.3 Å². The highest BCUT2D eigenvalue weighted by atomic mass is 35.5. The van der Waals surface area contributed by atoms with E-state index in [9.17, 15) is 4.79 Å². The van der Waals surface area contributed by atoms with Gasteiger partial charge in [-0.25, -0.2) is 0 Å². The second-order valence-corrected chi connectivity index (χ2v) is 4.43. The molecule has 0 saturated heterocycles. The number of nitrogens with zero attached hydrogens (tertiary/aromatic N) is 2. The predicted octanol–water partition coefficient (Wildman–Crippen LogP) is 2.00. The van der Waals surface area contributed by atoms with E-state index in [1.807, 2.05) is 18.2 Å². The molecule has 0 radical (unpaired) electrons. The van der Waals surface area contributed by atoms with Gasteiger partial charge in [0.1, 0.15) is 11.6 Å². The third-order valence-electron chi connectivity index (χ3n) is 2.79. The smallest absolute Gasteiger partial charge is 0.268 e. The molecule has 5 heteroatoms. The van der Waals surface area contributed by atoms with E-state index in [1.54, 1.807) is 18.2 Å². The van der Waals surface area contributed by atoms with E-state index < -0.39 is 0 Å². The standard InChI is InChI=1S/C14H12ClN3O/c15-12-4-1-10(2-5-12)13-6-3-11(9-17)14(19)18(13)8-7-16/h1-6H,7-8,16H2. The van der Waals surface area contributed by atoms with Crippen molar-refractivity contribution in [2.75, 3.05) is 6.54 Å². The van der Waals surface area contributed by atoms with Crippen LogP contribution in [0.1, 0.15) is 5.56 Å². The molecular formula is C14H12ClN3O. The van der Waals surface area contributed by atoms with Gasteiger partial charge < -0.3 is 10.3 Å². The molecule has 1 heterocycles. The van der Waals surface area contributed by atoms with Crippen LogP contribution in [0.5, 0.6) is 0 Å². The van der Waals surface area contributed by atoms with E-state index >= 15 is 0 Å². The van der Waals surface area contributed by atoms with Crippen LogP contribution < -0.4 is 11.3 Å². The first-order valence-corrected chi connectivity index (χ1v) is 6.15. The molecule has 0 aliphatic heterocycles. The van der Waals surface area contributed by atoms with Crippen molar-refractivity contribution in [2.45, 2.75) is 6.54 Å². The Morgan fingerprint density at radius 1 is 1.21 bits per heavy atom. The van der Waals surface area contributed by atoms with E-state index in [1.165, 1.54) is 10.6 Å². The quantitative estimate of drug-likeness (QED) is 0.930. The van der Waals surface area contributed by atoms with Crippen molar-refractivity contribution in [2.24, 2.45) is 5.73 Å². The van der Waals surface area contributed by atoms with Gasteiger partial charge in [-0.3, -0.25) is 4.79 Å². The van der Waals surface area contributed by atoms with Gasteiger partial charge in [0.05, 0.1) is 5.69 Å². The van der Waals surface area contributed by atoms with Gasteiger partial charge in [-0.05, 0) is 29.8 Å². The van der Waals surface area contributed by atoms with Gasteiger partial charge in [0.25, 0.3) is 5.56 Å². The molecule has 1 aromatic heterocycles. The van der Waals surface area contributed by atoms with E-state index in [2.05, 4.69) is 0 Å². The molecule has 0 unspecified atom stereocenters. The van der Waals surface area contributed by atoms with Crippen molar-refractivity contribution in [3.05, 3.63) is 57.3 Å². The molecule has 0 fully saturated rings. The molecule has 0 bridgehead atoms. The van der Waals surface area contributed by atoms with Crippen molar-refractivity contribution in [3.63, 3.8) is 0 Å². The first-order valence-electron chi connectivity index (χ1n) is 5.77. The van der Waals surface area contributed by atoms with E-state index in [4.69, 9.17) is 22.6 Å². The molecular weight excluding hydrogens is 262 g/mol. The zero-order valence-corrected chi connectivity index (χ0v) is 10.9. The first kappa shape index (κ1) is 13.3. The monoisotopic (exact) mass is 273 g/mol. The summed E-state index contributed by atoms with van der Waals surface area (Å²) >= 11 is 5.85. The summed E-state index contributed by atoms with van der Waals surface area (Å²) in [6.07, 6.45) is 0. The molecule has 96 valence electrons. The van der Waals surface area contributed by atoms with Gasteiger partial charge >= 0.3 is 0 Å². The van der Waals surface area contributed by atoms with Gasteiger partial charge in [-0.15, -0.1) is 0 Å². The molecule has 2 aromatic rings. The Morgan fingerprint density at radius 2 is 1.89 bits per heavy atom. The summed E-state index contributed by atoms with van der Waals surface area (Å²) < 4.78 is 1.52. The summed E-state index contributed by atoms with van der Waals surface area (Å²) in [5, 5.41) is 9.53. The molecule has 1 aromatic carbocycles. The maximum atomic E-state index is 12.1. The summed E-state index contributed by atoms with van der Waals surface area (Å²) in [6.45, 7) is 0.696. The van der Waals surface area contributed by atoms with E-state index in [-0.39, 0.29) is 11.1 Å². The Balaban J connectivity index is 2.63. The van der Waals surface area contributed by atoms with Gasteiger partial charge in [-0.2, -0.15) is 5.26 Å². The number of hydrogen-bond donors (Lipinski definition) is 1. The molecule has 0 aliphatic carbocycles. The van der Waals surface area contributed by atoms with Crippen LogP contribution in [-0.4, -0.2) is 11.1 Å². The van der Waals surface area contributed by atoms with Gasteiger partial charge in [0, 0.05) is 18.1 Å². The zero-order valence-electron chi connectivity index (χ0n) is 10.1. The van der Waals surface area contributed by atoms with Crippen LogP contribution in [0.15, 0.2) is 41.2 Å². The Bertz CT molecular complexity index is 683. The van der Waals surface area contributed by atoms with Crippen LogP contribution in [0.2, 0.25) is 5.02 Å². The highest BCUT2D eigenvalue weighted by Gasteiger charge is 2.09. The van der Waals surface area contributed by atoms with E-state index in [0.29, 0.717) is 18.1 Å². The highest BCUT2D eigenvalue weighted by Crippen LogP contribution is 2.20. The van der Waals surface area contributed by atoms with Gasteiger partial charge in [0.15, 0.2) is 0 Å². The average Bonchev–Trinajstić information content (AvgIpc) is 2.42. The molecule has 2 N–H and O–H groups in total. The Kier molecular flexibility index (Phi) is 4.00. The van der Waals surface area contributed by atoms with Gasteiger partial charge in [0.2, 0.25) is 0 Å². The third kappa shape index (κ3) is 2.68. The van der Waals surface area contributed by atoms with Crippen molar-refractivity contribution < 1.29 is 0 Å². The lowest BCUT2D eigenvalue weighted by Crippen LogP contribution is -2.27. The van der Waals surface area contributed by atoms with Crippen LogP contribution in [0.25, 0.3) is 11.3 Å². The molecule has 0 atom stereocenters. The number of pyridine rings is 1. The lowest BCUT2D eigenvalue weighted by Gasteiger charge is -2.12. The minimum absolute atomic E-state index is 0.117. The second-order valence-electron chi connectivity index (χ2n) is 4.00. The van der Waals surface area contributed by atoms with Crippen molar-refractivity contribution >= 4 is 11.6 Å². The number of nitrogens with two attached hydrogens (primary N) is 1. The van der Waals surface area contributed by atoms with Crippen LogP contribution in [0.4, 0.5) is 0 Å². The number of benzene rings is 1. The largest absolute Gasteiger partial charge is 0.329 e. The Morgan fingerprint density at radius 3 is 2.47 bits per heavy atom. The van der Waals surface area contributed by atoms with Crippen molar-refractivity contribution in [1.82, 2.24) is 4.57 Å². The van der Waals surface area contributed by atoms with Crippen LogP contribution >= 0.6 is 11.6 Å². The minimum atomic E-state index is -0.319. The fraction of sp³-hybridized carbons (Fsp3) is 0.143. The fourth-order valence-electron chi connectivity index (χ4n) is 1.89. The molecule has 4 nitrogen and oxygen atoms in total. The predicted molar refractivity (Wildman–Crippen MR) is 74.9 cm³/mol. The number of aromatic nitrogens is 1. The number of nitriles is 1. The molecule has 0 aliphatic rings. The normalized spacial score (nSPS) is 10.2. The van der Waals surface area contributed by atoms with Crippen LogP contribution in [0, 0.1) is 11.3 Å². The minimum Gasteiger partial charge on any atom is -0.329 e. The number of halogens is 1.